The largest absolute Gasteiger partial charge is 0.295 e. The summed E-state index contributed by atoms with van der Waals surface area (Å²) < 4.78 is 0. The molecule has 0 bridgehead atoms. The minimum atomic E-state index is 0.833. The summed E-state index contributed by atoms with van der Waals surface area (Å²) >= 11 is 0. The van der Waals surface area contributed by atoms with Crippen molar-refractivity contribution in [3.8, 4) is 122 Å². The molecule has 0 N–H and O–H groups in total. The summed E-state index contributed by atoms with van der Waals surface area (Å²) in [6.07, 6.45) is 1.88. The van der Waals surface area contributed by atoms with Crippen LogP contribution in [0.15, 0.2) is 401 Å². The Balaban J connectivity index is 0.653. The van der Waals surface area contributed by atoms with Crippen LogP contribution in [0.3, 0.4) is 0 Å². The molecular weight excluding hydrogens is 1330 g/mol. The molecule has 4 nitrogen and oxygen atoms in total. The maximum atomic E-state index is 5.58. The van der Waals surface area contributed by atoms with Gasteiger partial charge in [-0.25, -0.2) is 9.97 Å². The summed E-state index contributed by atoms with van der Waals surface area (Å²) in [5, 5.41) is 13.3. The number of aromatic nitrogens is 2. The molecule has 22 rings (SSSR count). The van der Waals surface area contributed by atoms with Gasteiger partial charge in [0.1, 0.15) is 11.6 Å². The quantitative estimate of drug-likeness (QED) is 0.115. The number of rotatable bonds is 13. The predicted molar refractivity (Wildman–Crippen MR) is 463 cm³/mol. The predicted octanol–water partition coefficient (Wildman–Crippen LogP) is 29.3. The molecule has 0 saturated carbocycles. The summed E-state index contributed by atoms with van der Waals surface area (Å²) in [5.41, 5.74) is 31.9. The van der Waals surface area contributed by atoms with Gasteiger partial charge < -0.3 is 0 Å². The van der Waals surface area contributed by atoms with Crippen LogP contribution in [0.25, 0.3) is 187 Å². The lowest BCUT2D eigenvalue weighted by Crippen LogP contribution is -2.11. The third-order valence-electron chi connectivity index (χ3n) is 22.9. The van der Waals surface area contributed by atoms with Crippen molar-refractivity contribution in [3.05, 3.63) is 401 Å². The zero-order valence-electron chi connectivity index (χ0n) is 59.9. The van der Waals surface area contributed by atoms with Gasteiger partial charge in [0.2, 0.25) is 0 Å². The van der Waals surface area contributed by atoms with E-state index in [1.165, 1.54) is 149 Å². The number of hydrogen-bond donors (Lipinski definition) is 0. The van der Waals surface area contributed by atoms with E-state index >= 15 is 0 Å². The number of hydrogen-bond acceptors (Lipinski definition) is 4. The molecule has 510 valence electrons. The minimum Gasteiger partial charge on any atom is -0.295 e. The monoisotopic (exact) mass is 1390 g/mol. The summed E-state index contributed by atoms with van der Waals surface area (Å²) in [5.74, 6) is 1.69. The molecule has 2 aliphatic rings. The summed E-state index contributed by atoms with van der Waals surface area (Å²) in [4.78, 5) is 15.1. The maximum absolute atomic E-state index is 5.58. The minimum absolute atomic E-state index is 0.833. The van der Waals surface area contributed by atoms with Gasteiger partial charge in [-0.05, 0) is 256 Å². The molecule has 2 aromatic heterocycles. The molecule has 18 aromatic carbocycles. The van der Waals surface area contributed by atoms with Crippen molar-refractivity contribution in [2.45, 2.75) is 0 Å². The van der Waals surface area contributed by atoms with Crippen molar-refractivity contribution in [1.29, 1.82) is 0 Å². The second-order valence-corrected chi connectivity index (χ2v) is 28.9. The Morgan fingerprint density at radius 2 is 0.600 bits per heavy atom. The van der Waals surface area contributed by atoms with Crippen LogP contribution in [0.5, 0.6) is 0 Å². The highest BCUT2D eigenvalue weighted by atomic mass is 15.2. The van der Waals surface area contributed by atoms with Crippen LogP contribution in [0.2, 0.25) is 0 Å². The van der Waals surface area contributed by atoms with E-state index < -0.39 is 0 Å². The Kier molecular flexibility index (Phi) is 14.6. The van der Waals surface area contributed by atoms with Crippen LogP contribution in [0, 0.1) is 0 Å². The number of fused-ring (bicyclic) bond motifs is 10. The van der Waals surface area contributed by atoms with Gasteiger partial charge in [0, 0.05) is 34.0 Å². The Hall–Kier alpha value is -14.6. The van der Waals surface area contributed by atoms with Gasteiger partial charge in [-0.1, -0.05) is 309 Å². The van der Waals surface area contributed by atoms with Crippen LogP contribution in [0.4, 0.5) is 34.4 Å². The molecule has 20 aromatic rings. The number of para-hydroxylation sites is 1. The molecule has 2 aliphatic carbocycles. The van der Waals surface area contributed by atoms with Crippen molar-refractivity contribution < 1.29 is 0 Å². The Bertz CT molecular complexity index is 7020. The summed E-state index contributed by atoms with van der Waals surface area (Å²) in [7, 11) is 0. The molecule has 0 unspecified atom stereocenters. The van der Waals surface area contributed by atoms with E-state index in [4.69, 9.17) is 9.97 Å². The van der Waals surface area contributed by atoms with E-state index in [0.29, 0.717) is 0 Å². The van der Waals surface area contributed by atoms with Crippen molar-refractivity contribution in [2.24, 2.45) is 0 Å². The second-order valence-electron chi connectivity index (χ2n) is 28.9. The fraction of sp³-hybridized carbons (Fsp3) is 0. The second kappa shape index (κ2) is 25.6. The smallest absolute Gasteiger partial charge is 0.138 e. The van der Waals surface area contributed by atoms with Gasteiger partial charge in [0.05, 0.1) is 11.2 Å². The van der Waals surface area contributed by atoms with Gasteiger partial charge in [0.15, 0.2) is 0 Å². The van der Waals surface area contributed by atoms with Crippen molar-refractivity contribution >= 4 is 99.2 Å². The normalized spacial score (nSPS) is 11.8. The molecule has 4 heteroatoms. The van der Waals surface area contributed by atoms with E-state index in [1.807, 2.05) is 12.3 Å². The molecular formula is C106H66N4. The van der Waals surface area contributed by atoms with Crippen LogP contribution < -0.4 is 9.80 Å². The lowest BCUT2D eigenvalue weighted by molar-refractivity contribution is 1.19. The first-order valence-corrected chi connectivity index (χ1v) is 37.9. The van der Waals surface area contributed by atoms with E-state index in [0.717, 1.165) is 72.9 Å². The zero-order valence-corrected chi connectivity index (χ0v) is 59.9. The standard InChI is InChI=1S/C106H66N4/c1-6-28-68(29-7-1)97-85-44-18-19-45-86(85)98(69-30-8-2-9-31-69)105-90-58-56-80(83-46-25-48-88(101(83)90)103(97)105)74-37-22-41-78(64-74)109(77-39-14-5-15-40-77)96-61-54-76-63-72(53-60-93(76)108-96)73-52-55-87-92(66-73)100(71-34-12-4-13-35-71)106-91-59-57-81(84-47-26-49-89(102(84)91)104(106)99(87)70-32-10-3-11-33-70)75-38-23-42-79(65-75)110(95-51-20-21-62-107-95)94-50-24-36-67-27-16-17-43-82(67)94/h1-66H. The number of nitrogens with zero attached hydrogens (tertiary/aromatic N) is 4. The van der Waals surface area contributed by atoms with Gasteiger partial charge in [-0.15, -0.1) is 0 Å². The van der Waals surface area contributed by atoms with Crippen molar-refractivity contribution in [3.63, 3.8) is 0 Å². The Labute approximate surface area is 637 Å². The molecule has 0 fully saturated rings. The molecule has 0 saturated heterocycles. The molecule has 0 atom stereocenters. The lowest BCUT2D eigenvalue weighted by Gasteiger charge is -2.26. The topological polar surface area (TPSA) is 32.3 Å². The Morgan fingerprint density at radius 3 is 1.15 bits per heavy atom. The van der Waals surface area contributed by atoms with E-state index in [1.54, 1.807) is 0 Å². The van der Waals surface area contributed by atoms with Gasteiger partial charge in [-0.3, -0.25) is 9.80 Å². The van der Waals surface area contributed by atoms with E-state index in [2.05, 4.69) is 398 Å². The molecule has 0 radical (unpaired) electrons. The van der Waals surface area contributed by atoms with E-state index in [9.17, 15) is 0 Å². The third-order valence-corrected chi connectivity index (χ3v) is 22.9. The van der Waals surface area contributed by atoms with Crippen LogP contribution in [-0.4, -0.2) is 9.97 Å². The van der Waals surface area contributed by atoms with Crippen LogP contribution >= 0.6 is 0 Å². The fourth-order valence-corrected chi connectivity index (χ4v) is 18.3. The first-order chi connectivity index (χ1) is 54.6. The van der Waals surface area contributed by atoms with E-state index in [-0.39, 0.29) is 0 Å². The van der Waals surface area contributed by atoms with Gasteiger partial charge in [0.25, 0.3) is 0 Å². The average Bonchev–Trinajstić information content (AvgIpc) is 1.50. The van der Waals surface area contributed by atoms with Crippen LogP contribution in [-0.2, 0) is 0 Å². The zero-order chi connectivity index (χ0) is 72.3. The lowest BCUT2D eigenvalue weighted by atomic mass is 9.81. The molecule has 110 heavy (non-hydrogen) atoms. The number of benzene rings is 18. The number of pyridine rings is 2. The number of anilines is 6. The Morgan fingerprint density at radius 1 is 0.191 bits per heavy atom. The highest BCUT2D eigenvalue weighted by molar-refractivity contribution is 6.31. The molecule has 0 spiro atoms. The van der Waals surface area contributed by atoms with Crippen molar-refractivity contribution in [2.75, 3.05) is 9.80 Å². The maximum Gasteiger partial charge on any atom is 0.138 e. The highest BCUT2D eigenvalue weighted by Gasteiger charge is 2.34. The average molecular weight is 1400 g/mol. The highest BCUT2D eigenvalue weighted by Crippen LogP contribution is 2.61. The summed E-state index contributed by atoms with van der Waals surface area (Å²) in [6.45, 7) is 0. The van der Waals surface area contributed by atoms with Crippen molar-refractivity contribution in [1.82, 2.24) is 9.97 Å². The SMILES string of the molecule is c1ccc(-c2c3c(c(-c4ccccc4)c4ccccc24)-c2ccc(-c4cccc(N(c5ccccc5)c5ccc6cc(-c7ccc8c(-c9ccccc9)c9c(c(-c%10ccccc%10)c8c7)-c7ccc(-c8cccc(N(c%10ccccn%10)c%10cccc%11ccccc%10%11)c8)c8cccc-9c78)ccc6n5)c4)c4cccc-3c24)cc1. The van der Waals surface area contributed by atoms with Gasteiger partial charge in [-0.2, -0.15) is 0 Å². The fourth-order valence-electron chi connectivity index (χ4n) is 18.3. The first kappa shape index (κ1) is 62.8. The molecule has 2 heterocycles. The van der Waals surface area contributed by atoms with Crippen LogP contribution in [0.1, 0.15) is 0 Å². The van der Waals surface area contributed by atoms with Gasteiger partial charge >= 0.3 is 0 Å². The molecule has 0 amide bonds. The third kappa shape index (κ3) is 10.0. The molecule has 0 aliphatic heterocycles. The summed E-state index contributed by atoms with van der Waals surface area (Å²) in [6, 6.07) is 145. The first-order valence-electron chi connectivity index (χ1n) is 37.9.